The lowest BCUT2D eigenvalue weighted by molar-refractivity contribution is -0.332. The van der Waals surface area contributed by atoms with Gasteiger partial charge in [-0.1, -0.05) is 101 Å². The van der Waals surface area contributed by atoms with E-state index in [0.29, 0.717) is 12.8 Å². The summed E-state index contributed by atoms with van der Waals surface area (Å²) in [6.07, 6.45) is 13.3. The topological polar surface area (TPSA) is 231 Å². The number of hydrogen-bond donors (Lipinski definition) is 7. The quantitative estimate of drug-likeness (QED) is 0.0238. The molecule has 15 nitrogen and oxygen atoms in total. The van der Waals surface area contributed by atoms with Crippen molar-refractivity contribution in [3.63, 3.8) is 0 Å². The molecule has 7 N–H and O–H groups in total. The van der Waals surface area contributed by atoms with Gasteiger partial charge in [0.25, 0.3) is 0 Å². The van der Waals surface area contributed by atoms with Crippen LogP contribution in [0.2, 0.25) is 0 Å². The second kappa shape index (κ2) is 31.4. The van der Waals surface area contributed by atoms with Crippen molar-refractivity contribution in [2.45, 2.75) is 184 Å². The van der Waals surface area contributed by atoms with Gasteiger partial charge in [0.1, 0.15) is 55.4 Å². The van der Waals surface area contributed by atoms with Gasteiger partial charge in [-0.05, 0) is 51.4 Å². The van der Waals surface area contributed by atoms with Crippen LogP contribution in [0.5, 0.6) is 0 Å². The summed E-state index contributed by atoms with van der Waals surface area (Å²) in [5.74, 6) is -0.999. The van der Waals surface area contributed by atoms with Crippen molar-refractivity contribution in [1.29, 1.82) is 0 Å². The summed E-state index contributed by atoms with van der Waals surface area (Å²) in [6, 6.07) is 0. The molecule has 334 valence electrons. The van der Waals surface area contributed by atoms with Crippen molar-refractivity contribution in [3.05, 3.63) is 48.6 Å². The number of carbonyl (C=O) groups is 2. The van der Waals surface area contributed by atoms with E-state index in [0.717, 1.165) is 57.8 Å². The third-order valence-corrected chi connectivity index (χ3v) is 9.85. The maximum atomic E-state index is 12.9. The third kappa shape index (κ3) is 20.6. The zero-order valence-electron chi connectivity index (χ0n) is 34.5. The molecule has 0 aliphatic carbocycles. The Morgan fingerprint density at radius 1 is 0.569 bits per heavy atom. The molecular weight excluding hydrogens is 756 g/mol. The molecule has 2 aliphatic rings. The number of aliphatic hydroxyl groups excluding tert-OH is 7. The third-order valence-electron chi connectivity index (χ3n) is 9.85. The summed E-state index contributed by atoms with van der Waals surface area (Å²) in [4.78, 5) is 25.5. The van der Waals surface area contributed by atoms with Crippen molar-refractivity contribution in [2.24, 2.45) is 0 Å². The van der Waals surface area contributed by atoms with Crippen LogP contribution in [0.1, 0.15) is 117 Å². The predicted molar refractivity (Wildman–Crippen MR) is 215 cm³/mol. The van der Waals surface area contributed by atoms with Gasteiger partial charge in [0.2, 0.25) is 0 Å². The maximum absolute atomic E-state index is 12.9. The molecule has 2 fully saturated rings. The fourth-order valence-corrected chi connectivity index (χ4v) is 6.28. The van der Waals surface area contributed by atoms with Gasteiger partial charge in [-0.3, -0.25) is 9.59 Å². The van der Waals surface area contributed by atoms with E-state index in [1.807, 2.05) is 24.3 Å². The fraction of sp³-hybridized carbons (Fsp3) is 0.767. The Balaban J connectivity index is 1.90. The summed E-state index contributed by atoms with van der Waals surface area (Å²) >= 11 is 0. The Hall–Kier alpha value is -2.54. The van der Waals surface area contributed by atoms with E-state index in [-0.39, 0.29) is 19.4 Å². The zero-order valence-corrected chi connectivity index (χ0v) is 34.5. The van der Waals surface area contributed by atoms with Gasteiger partial charge >= 0.3 is 11.9 Å². The number of carbonyl (C=O) groups excluding carboxylic acids is 2. The maximum Gasteiger partial charge on any atom is 0.306 e. The summed E-state index contributed by atoms with van der Waals surface area (Å²) in [5, 5.41) is 71.7. The summed E-state index contributed by atoms with van der Waals surface area (Å²) in [5.41, 5.74) is 0. The minimum Gasteiger partial charge on any atom is -0.462 e. The Morgan fingerprint density at radius 3 is 1.79 bits per heavy atom. The molecule has 0 amide bonds. The molecule has 0 saturated carbocycles. The largest absolute Gasteiger partial charge is 0.462 e. The molecule has 2 aliphatic heterocycles. The van der Waals surface area contributed by atoms with Crippen LogP contribution in [0.4, 0.5) is 0 Å². The van der Waals surface area contributed by atoms with Crippen LogP contribution in [0.3, 0.4) is 0 Å². The minimum absolute atomic E-state index is 0.135. The lowest BCUT2D eigenvalue weighted by Crippen LogP contribution is -2.61. The van der Waals surface area contributed by atoms with Gasteiger partial charge in [0.15, 0.2) is 18.7 Å². The molecule has 0 aromatic heterocycles. The second-order valence-corrected chi connectivity index (χ2v) is 14.8. The second-order valence-electron chi connectivity index (χ2n) is 14.8. The zero-order chi connectivity index (χ0) is 42.5. The molecule has 11 atom stereocenters. The molecule has 0 bridgehead atoms. The number of ether oxygens (including phenoxy) is 6. The number of allylic oxidation sites excluding steroid dienone is 8. The van der Waals surface area contributed by atoms with E-state index in [4.69, 9.17) is 28.4 Å². The highest BCUT2D eigenvalue weighted by Gasteiger charge is 2.47. The molecule has 2 heterocycles. The first-order chi connectivity index (χ1) is 28.0. The Morgan fingerprint density at radius 2 is 1.12 bits per heavy atom. The molecule has 0 spiro atoms. The Bertz CT molecular complexity index is 1210. The van der Waals surface area contributed by atoms with Crippen molar-refractivity contribution in [1.82, 2.24) is 0 Å². The monoisotopic (exact) mass is 828 g/mol. The number of rotatable bonds is 30. The van der Waals surface area contributed by atoms with Crippen molar-refractivity contribution in [3.8, 4) is 0 Å². The van der Waals surface area contributed by atoms with Crippen LogP contribution < -0.4 is 0 Å². The molecule has 0 radical (unpaired) electrons. The lowest BCUT2D eigenvalue weighted by Gasteiger charge is -2.42. The van der Waals surface area contributed by atoms with Crippen LogP contribution in [0.15, 0.2) is 48.6 Å². The van der Waals surface area contributed by atoms with E-state index in [1.165, 1.54) is 19.3 Å². The predicted octanol–water partition coefficient (Wildman–Crippen LogP) is 3.59. The molecule has 0 aromatic carbocycles. The van der Waals surface area contributed by atoms with Gasteiger partial charge in [0, 0.05) is 12.8 Å². The van der Waals surface area contributed by atoms with Gasteiger partial charge in [0.05, 0.1) is 19.8 Å². The molecule has 58 heavy (non-hydrogen) atoms. The molecule has 15 heteroatoms. The smallest absolute Gasteiger partial charge is 0.306 e. The Labute approximate surface area is 344 Å². The number of hydrogen-bond acceptors (Lipinski definition) is 15. The summed E-state index contributed by atoms with van der Waals surface area (Å²) < 4.78 is 33.3. The van der Waals surface area contributed by atoms with E-state index < -0.39 is 99.3 Å². The fourth-order valence-electron chi connectivity index (χ4n) is 6.28. The van der Waals surface area contributed by atoms with Gasteiger partial charge < -0.3 is 64.2 Å². The van der Waals surface area contributed by atoms with Crippen molar-refractivity contribution in [2.75, 3.05) is 26.4 Å². The van der Waals surface area contributed by atoms with Crippen LogP contribution in [-0.2, 0) is 38.0 Å². The standard InChI is InChI=1S/C43H72O15/c1-3-5-7-9-11-13-14-15-16-18-20-22-24-26-35(46)56-31(28-53-34(45)25-23-21-19-17-12-10-8-6-4-2)29-54-42-41(52)39(50)37(48)33(58-42)30-55-43-40(51)38(49)36(47)32(27-44)57-43/h5,7,9,11,13-14,17,19,31-33,36-44,47-52H,3-4,6,8,10,12,15-16,18,20-30H2,1-2H3/b7-5+,11-9+,14-13+,19-17+/t31?,32-,33-,36+,37+,38?,39?,40?,41?,42-,43-/m1/s1. The van der Waals surface area contributed by atoms with E-state index in [9.17, 15) is 45.3 Å². The molecule has 5 unspecified atom stereocenters. The summed E-state index contributed by atoms with van der Waals surface area (Å²) in [7, 11) is 0. The highest BCUT2D eigenvalue weighted by molar-refractivity contribution is 5.70. The van der Waals surface area contributed by atoms with Gasteiger partial charge in [-0.25, -0.2) is 0 Å². The highest BCUT2D eigenvalue weighted by atomic mass is 16.7. The van der Waals surface area contributed by atoms with Crippen molar-refractivity contribution < 1.29 is 73.8 Å². The lowest BCUT2D eigenvalue weighted by atomic mass is 9.98. The van der Waals surface area contributed by atoms with Crippen LogP contribution in [0, 0.1) is 0 Å². The van der Waals surface area contributed by atoms with Crippen LogP contribution in [-0.4, -0.2) is 142 Å². The SMILES string of the molecule is CC/C=C/C=C/C=C/CCCCCCCC(=O)OC(COC(=O)CCC/C=C/CCCCCC)CO[C@@H]1O[C@H](CO[C@@H]2O[C@H](CO)[C@H](O)C(O)C2O)[C@H](O)C(O)C1O. The normalized spacial score (nSPS) is 28.6. The van der Waals surface area contributed by atoms with E-state index in [2.05, 4.69) is 38.2 Å². The molecular formula is C43H72O15. The Kier molecular flexibility index (Phi) is 27.9. The molecule has 2 saturated heterocycles. The first-order valence-corrected chi connectivity index (χ1v) is 21.3. The first kappa shape index (κ1) is 51.6. The van der Waals surface area contributed by atoms with Crippen LogP contribution >= 0.6 is 0 Å². The van der Waals surface area contributed by atoms with Crippen LogP contribution in [0.25, 0.3) is 0 Å². The minimum atomic E-state index is -1.77. The molecule has 0 aromatic rings. The van der Waals surface area contributed by atoms with E-state index in [1.54, 1.807) is 0 Å². The number of unbranched alkanes of at least 4 members (excludes halogenated alkanes) is 10. The average Bonchev–Trinajstić information content (AvgIpc) is 3.21. The van der Waals surface area contributed by atoms with Gasteiger partial charge in [-0.2, -0.15) is 0 Å². The first-order valence-electron chi connectivity index (χ1n) is 21.3. The number of esters is 2. The number of aliphatic hydroxyl groups is 7. The van der Waals surface area contributed by atoms with Crippen molar-refractivity contribution >= 4 is 11.9 Å². The highest BCUT2D eigenvalue weighted by Crippen LogP contribution is 2.26. The van der Waals surface area contributed by atoms with Gasteiger partial charge in [-0.15, -0.1) is 0 Å². The van der Waals surface area contributed by atoms with E-state index >= 15 is 0 Å². The summed E-state index contributed by atoms with van der Waals surface area (Å²) in [6.45, 7) is 2.31. The average molecular weight is 829 g/mol. The molecule has 2 rings (SSSR count).